The second-order valence-electron chi connectivity index (χ2n) is 2.97. The van der Waals surface area contributed by atoms with Crippen LogP contribution in [0.2, 0.25) is 5.02 Å². The van der Waals surface area contributed by atoms with Crippen molar-refractivity contribution in [3.8, 4) is 0 Å². The van der Waals surface area contributed by atoms with Gasteiger partial charge in [0.1, 0.15) is 6.29 Å². The molecule has 0 aliphatic heterocycles. The van der Waals surface area contributed by atoms with E-state index in [1.165, 1.54) is 11.3 Å². The van der Waals surface area contributed by atoms with Gasteiger partial charge in [0.25, 0.3) is 0 Å². The van der Waals surface area contributed by atoms with Crippen LogP contribution >= 0.6 is 22.9 Å². The van der Waals surface area contributed by atoms with Gasteiger partial charge in [-0.2, -0.15) is 0 Å². The van der Waals surface area contributed by atoms with Crippen LogP contribution in [0.1, 0.15) is 18.7 Å². The van der Waals surface area contributed by atoms with E-state index in [0.29, 0.717) is 5.02 Å². The van der Waals surface area contributed by atoms with Gasteiger partial charge >= 0.3 is 0 Å². The van der Waals surface area contributed by atoms with Crippen molar-refractivity contribution in [2.75, 3.05) is 0 Å². The number of thiophene rings is 1. The van der Waals surface area contributed by atoms with Crippen LogP contribution in [0, 0.1) is 0 Å². The molecule has 0 N–H and O–H groups in total. The molecule has 1 rings (SSSR count). The minimum Gasteiger partial charge on any atom is -0.302 e. The van der Waals surface area contributed by atoms with E-state index >= 15 is 0 Å². The Morgan fingerprint density at radius 1 is 1.64 bits per heavy atom. The first kappa shape index (κ1) is 8.75. The van der Waals surface area contributed by atoms with Crippen LogP contribution in [-0.4, -0.2) is 6.29 Å². The summed E-state index contributed by atoms with van der Waals surface area (Å²) >= 11 is 7.24. The molecule has 0 aliphatic carbocycles. The summed E-state index contributed by atoms with van der Waals surface area (Å²) in [5.41, 5.74) is -0.391. The fourth-order valence-corrected chi connectivity index (χ4v) is 1.87. The highest BCUT2D eigenvalue weighted by Gasteiger charge is 2.20. The molecule has 3 heteroatoms. The van der Waals surface area contributed by atoms with Crippen LogP contribution in [0.25, 0.3) is 0 Å². The lowest BCUT2D eigenvalue weighted by atomic mass is 9.94. The van der Waals surface area contributed by atoms with Crippen molar-refractivity contribution in [2.45, 2.75) is 19.3 Å². The number of hydrogen-bond donors (Lipinski definition) is 0. The molecule has 0 unspecified atom stereocenters. The van der Waals surface area contributed by atoms with E-state index in [2.05, 4.69) is 0 Å². The van der Waals surface area contributed by atoms with E-state index in [-0.39, 0.29) is 0 Å². The fourth-order valence-electron chi connectivity index (χ4n) is 0.709. The van der Waals surface area contributed by atoms with Gasteiger partial charge in [-0.1, -0.05) is 11.6 Å². The molecule has 1 heterocycles. The smallest absolute Gasteiger partial charge is 0.130 e. The van der Waals surface area contributed by atoms with Gasteiger partial charge in [-0.3, -0.25) is 0 Å². The maximum absolute atomic E-state index is 10.6. The molecule has 0 atom stereocenters. The number of carbonyl (C=O) groups is 1. The lowest BCUT2D eigenvalue weighted by molar-refractivity contribution is -0.111. The normalized spacial score (nSPS) is 11.5. The van der Waals surface area contributed by atoms with Gasteiger partial charge in [0.2, 0.25) is 0 Å². The first-order chi connectivity index (χ1) is 5.06. The third-order valence-corrected chi connectivity index (χ3v) is 3.11. The number of rotatable bonds is 2. The molecule has 60 valence electrons. The molecule has 0 aliphatic rings. The first-order valence-electron chi connectivity index (χ1n) is 3.27. The second kappa shape index (κ2) is 2.95. The summed E-state index contributed by atoms with van der Waals surface area (Å²) < 4.78 is 0. The number of halogens is 1. The molecule has 0 saturated heterocycles. The Hall–Kier alpha value is -0.340. The molecule has 0 spiro atoms. The van der Waals surface area contributed by atoms with Crippen LogP contribution in [0.15, 0.2) is 11.4 Å². The molecule has 0 radical (unpaired) electrons. The van der Waals surface area contributed by atoms with Gasteiger partial charge in [-0.05, 0) is 19.9 Å². The quantitative estimate of drug-likeness (QED) is 0.653. The molecular formula is C8H9ClOS. The fraction of sp³-hybridized carbons (Fsp3) is 0.375. The van der Waals surface area contributed by atoms with E-state index in [1.807, 2.05) is 25.3 Å². The zero-order valence-corrected chi connectivity index (χ0v) is 8.00. The second-order valence-corrected chi connectivity index (χ2v) is 4.32. The minimum atomic E-state index is -0.391. The molecule has 0 amide bonds. The van der Waals surface area contributed by atoms with E-state index in [4.69, 9.17) is 11.6 Å². The Labute approximate surface area is 75.0 Å². The SMILES string of the molecule is CC(C)(C=O)c1cc(Cl)cs1. The molecule has 11 heavy (non-hydrogen) atoms. The Morgan fingerprint density at radius 2 is 2.27 bits per heavy atom. The molecule has 0 saturated carbocycles. The number of carbonyl (C=O) groups excluding carboxylic acids is 1. The summed E-state index contributed by atoms with van der Waals surface area (Å²) in [7, 11) is 0. The predicted octanol–water partition coefficient (Wildman–Crippen LogP) is 2.88. The van der Waals surface area contributed by atoms with Gasteiger partial charge in [0.15, 0.2) is 0 Å². The largest absolute Gasteiger partial charge is 0.302 e. The first-order valence-corrected chi connectivity index (χ1v) is 4.53. The van der Waals surface area contributed by atoms with Crippen molar-refractivity contribution >= 4 is 29.2 Å². The molecular weight excluding hydrogens is 180 g/mol. The zero-order chi connectivity index (χ0) is 8.48. The van der Waals surface area contributed by atoms with Crippen LogP contribution in [0.4, 0.5) is 0 Å². The van der Waals surface area contributed by atoms with E-state index in [1.54, 1.807) is 0 Å². The summed E-state index contributed by atoms with van der Waals surface area (Å²) in [5.74, 6) is 0. The van der Waals surface area contributed by atoms with Gasteiger partial charge in [0.05, 0.1) is 10.4 Å². The average molecular weight is 189 g/mol. The minimum absolute atomic E-state index is 0.391. The molecule has 0 aromatic carbocycles. The van der Waals surface area contributed by atoms with E-state index in [0.717, 1.165) is 11.2 Å². The highest BCUT2D eigenvalue weighted by Crippen LogP contribution is 2.29. The number of aldehydes is 1. The lowest BCUT2D eigenvalue weighted by Gasteiger charge is -2.13. The molecule has 0 bridgehead atoms. The summed E-state index contributed by atoms with van der Waals surface area (Å²) in [6.45, 7) is 3.75. The number of hydrogen-bond acceptors (Lipinski definition) is 2. The van der Waals surface area contributed by atoms with Crippen molar-refractivity contribution in [1.82, 2.24) is 0 Å². The zero-order valence-electron chi connectivity index (χ0n) is 6.43. The summed E-state index contributed by atoms with van der Waals surface area (Å²) in [5, 5.41) is 2.54. The lowest BCUT2D eigenvalue weighted by Crippen LogP contribution is -2.16. The third kappa shape index (κ3) is 1.82. The van der Waals surface area contributed by atoms with Gasteiger partial charge in [-0.25, -0.2) is 0 Å². The summed E-state index contributed by atoms with van der Waals surface area (Å²) in [4.78, 5) is 11.6. The topological polar surface area (TPSA) is 17.1 Å². The van der Waals surface area contributed by atoms with Crippen LogP contribution < -0.4 is 0 Å². The summed E-state index contributed by atoms with van der Waals surface area (Å²) in [6, 6.07) is 1.83. The molecule has 0 fully saturated rings. The highest BCUT2D eigenvalue weighted by molar-refractivity contribution is 7.10. The van der Waals surface area contributed by atoms with Gasteiger partial charge in [-0.15, -0.1) is 11.3 Å². The van der Waals surface area contributed by atoms with Crippen molar-refractivity contribution in [1.29, 1.82) is 0 Å². The van der Waals surface area contributed by atoms with Crippen molar-refractivity contribution < 1.29 is 4.79 Å². The van der Waals surface area contributed by atoms with Gasteiger partial charge < -0.3 is 4.79 Å². The molecule has 1 nitrogen and oxygen atoms in total. The average Bonchev–Trinajstić information content (AvgIpc) is 2.36. The van der Waals surface area contributed by atoms with Crippen LogP contribution in [-0.2, 0) is 10.2 Å². The monoisotopic (exact) mass is 188 g/mol. The summed E-state index contributed by atoms with van der Waals surface area (Å²) in [6.07, 6.45) is 0.940. The Morgan fingerprint density at radius 3 is 2.64 bits per heavy atom. The van der Waals surface area contributed by atoms with Crippen molar-refractivity contribution in [3.05, 3.63) is 21.3 Å². The van der Waals surface area contributed by atoms with Crippen molar-refractivity contribution in [3.63, 3.8) is 0 Å². The Balaban J connectivity index is 3.01. The van der Waals surface area contributed by atoms with E-state index in [9.17, 15) is 4.79 Å². The van der Waals surface area contributed by atoms with Crippen molar-refractivity contribution in [2.24, 2.45) is 0 Å². The highest BCUT2D eigenvalue weighted by atomic mass is 35.5. The maximum atomic E-state index is 10.6. The van der Waals surface area contributed by atoms with Gasteiger partial charge in [0, 0.05) is 10.3 Å². The Bertz CT molecular complexity index is 265. The van der Waals surface area contributed by atoms with Crippen LogP contribution in [0.3, 0.4) is 0 Å². The molecule has 1 aromatic heterocycles. The maximum Gasteiger partial charge on any atom is 0.130 e. The Kier molecular flexibility index (Phi) is 2.35. The van der Waals surface area contributed by atoms with Crippen LogP contribution in [0.5, 0.6) is 0 Å². The van der Waals surface area contributed by atoms with E-state index < -0.39 is 5.41 Å². The standard InChI is InChI=1S/C8H9ClOS/c1-8(2,5-10)7-3-6(9)4-11-7/h3-5H,1-2H3. The third-order valence-electron chi connectivity index (χ3n) is 1.50. The predicted molar refractivity (Wildman–Crippen MR) is 48.4 cm³/mol. The molecule has 1 aromatic rings.